The Morgan fingerprint density at radius 2 is 1.68 bits per heavy atom. The lowest BCUT2D eigenvalue weighted by Crippen LogP contribution is -2.48. The second kappa shape index (κ2) is 7.41. The van der Waals surface area contributed by atoms with E-state index in [2.05, 4.69) is 30.2 Å². The Morgan fingerprint density at radius 1 is 1.05 bits per heavy atom. The largest absolute Gasteiger partial charge is 0.335 e. The predicted molar refractivity (Wildman–Crippen MR) is 82.7 cm³/mol. The van der Waals surface area contributed by atoms with Crippen molar-refractivity contribution in [2.75, 3.05) is 0 Å². The van der Waals surface area contributed by atoms with Gasteiger partial charge in [-0.25, -0.2) is 4.79 Å². The molecule has 2 N–H and O–H groups in total. The smallest absolute Gasteiger partial charge is 0.315 e. The second-order valence-electron chi connectivity index (χ2n) is 6.31. The zero-order valence-electron chi connectivity index (χ0n) is 12.0. The zero-order valence-corrected chi connectivity index (χ0v) is 12.9. The Kier molecular flexibility index (Phi) is 5.86. The highest BCUT2D eigenvalue weighted by Crippen LogP contribution is 2.26. The van der Waals surface area contributed by atoms with Crippen LogP contribution in [0.1, 0.15) is 64.7 Å². The first-order valence-corrected chi connectivity index (χ1v) is 8.42. The number of nitrogens with one attached hydrogen (secondary N) is 2. The third kappa shape index (κ3) is 4.90. The summed E-state index contributed by atoms with van der Waals surface area (Å²) in [5.74, 6) is 0.674. The molecule has 0 heterocycles. The highest BCUT2D eigenvalue weighted by atomic mass is 32.1. The van der Waals surface area contributed by atoms with Crippen LogP contribution in [0.4, 0.5) is 4.79 Å². The minimum absolute atomic E-state index is 0.0284. The van der Waals surface area contributed by atoms with Gasteiger partial charge >= 0.3 is 6.03 Å². The van der Waals surface area contributed by atoms with Crippen LogP contribution in [0.15, 0.2) is 0 Å². The molecule has 0 unspecified atom stereocenters. The molecule has 0 aromatic rings. The number of carbonyl (C=O) groups is 1. The maximum Gasteiger partial charge on any atom is 0.315 e. The summed E-state index contributed by atoms with van der Waals surface area (Å²) in [6.07, 6.45) is 10.9. The minimum atomic E-state index is 0.0284. The number of rotatable bonds is 3. The summed E-state index contributed by atoms with van der Waals surface area (Å²) >= 11 is 4.49. The fourth-order valence-corrected chi connectivity index (χ4v) is 3.70. The van der Waals surface area contributed by atoms with Gasteiger partial charge in [-0.2, -0.15) is 12.6 Å². The summed E-state index contributed by atoms with van der Waals surface area (Å²) in [6.45, 7) is 2.15. The van der Waals surface area contributed by atoms with Crippen molar-refractivity contribution < 1.29 is 4.79 Å². The number of thiol groups is 1. The standard InChI is InChI=1S/C15H28N2OS/c1-11(12-5-3-2-4-6-12)16-15(18)17-13-7-9-14(19)10-8-13/h11-14,19H,2-10H2,1H3,(H2,16,17,18)/t11-,13?,14?/m0/s1. The second-order valence-corrected chi connectivity index (χ2v) is 7.04. The monoisotopic (exact) mass is 284 g/mol. The van der Waals surface area contributed by atoms with E-state index in [4.69, 9.17) is 0 Å². The van der Waals surface area contributed by atoms with Crippen LogP contribution in [-0.2, 0) is 0 Å². The van der Waals surface area contributed by atoms with Crippen LogP contribution < -0.4 is 10.6 Å². The van der Waals surface area contributed by atoms with E-state index in [9.17, 15) is 4.79 Å². The van der Waals surface area contributed by atoms with Gasteiger partial charge in [0.1, 0.15) is 0 Å². The first-order chi connectivity index (χ1) is 9.15. The Balaban J connectivity index is 1.68. The molecule has 2 aliphatic rings. The molecule has 0 aromatic heterocycles. The van der Waals surface area contributed by atoms with Gasteiger partial charge in [-0.1, -0.05) is 19.3 Å². The third-order valence-electron chi connectivity index (χ3n) is 4.75. The van der Waals surface area contributed by atoms with E-state index < -0.39 is 0 Å². The van der Waals surface area contributed by atoms with Gasteiger partial charge in [0.15, 0.2) is 0 Å². The van der Waals surface area contributed by atoms with Crippen LogP contribution >= 0.6 is 12.6 Å². The fourth-order valence-electron chi connectivity index (χ4n) is 3.41. The molecular formula is C15H28N2OS. The SMILES string of the molecule is C[C@H](NC(=O)NC1CCC(S)CC1)C1CCCCC1. The van der Waals surface area contributed by atoms with Crippen LogP contribution in [0.5, 0.6) is 0 Å². The highest BCUT2D eigenvalue weighted by Gasteiger charge is 2.24. The molecule has 0 radical (unpaired) electrons. The van der Waals surface area contributed by atoms with E-state index in [1.165, 1.54) is 32.1 Å². The van der Waals surface area contributed by atoms with E-state index in [0.717, 1.165) is 25.7 Å². The summed E-state index contributed by atoms with van der Waals surface area (Å²) in [6, 6.07) is 0.684. The van der Waals surface area contributed by atoms with Gasteiger partial charge in [-0.3, -0.25) is 0 Å². The molecule has 2 saturated carbocycles. The molecule has 2 amide bonds. The first kappa shape index (κ1) is 15.0. The van der Waals surface area contributed by atoms with Crippen molar-refractivity contribution in [2.45, 2.75) is 82.0 Å². The van der Waals surface area contributed by atoms with Crippen molar-refractivity contribution in [1.82, 2.24) is 10.6 Å². The quantitative estimate of drug-likeness (QED) is 0.682. The maximum absolute atomic E-state index is 12.0. The van der Waals surface area contributed by atoms with Gasteiger partial charge in [0.25, 0.3) is 0 Å². The average Bonchev–Trinajstić information content (AvgIpc) is 2.42. The lowest BCUT2D eigenvalue weighted by molar-refractivity contribution is 0.218. The number of hydrogen-bond acceptors (Lipinski definition) is 2. The average molecular weight is 284 g/mol. The van der Waals surface area contributed by atoms with Gasteiger partial charge in [-0.15, -0.1) is 0 Å². The maximum atomic E-state index is 12.0. The Hall–Kier alpha value is -0.380. The fraction of sp³-hybridized carbons (Fsp3) is 0.933. The molecule has 1 atom stereocenters. The molecule has 19 heavy (non-hydrogen) atoms. The first-order valence-electron chi connectivity index (χ1n) is 7.90. The predicted octanol–water partition coefficient (Wildman–Crippen LogP) is 3.50. The number of hydrogen-bond donors (Lipinski definition) is 3. The van der Waals surface area contributed by atoms with Gasteiger partial charge < -0.3 is 10.6 Å². The van der Waals surface area contributed by atoms with Crippen molar-refractivity contribution in [3.8, 4) is 0 Å². The number of urea groups is 1. The molecule has 2 rings (SSSR count). The minimum Gasteiger partial charge on any atom is -0.335 e. The Labute approximate surface area is 122 Å². The molecule has 0 spiro atoms. The van der Waals surface area contributed by atoms with Crippen LogP contribution in [0.25, 0.3) is 0 Å². The van der Waals surface area contributed by atoms with Crippen molar-refractivity contribution in [1.29, 1.82) is 0 Å². The van der Waals surface area contributed by atoms with Crippen molar-refractivity contribution in [2.24, 2.45) is 5.92 Å². The molecule has 0 aromatic carbocycles. The molecule has 0 bridgehead atoms. The zero-order chi connectivity index (χ0) is 13.7. The lowest BCUT2D eigenvalue weighted by atomic mass is 9.84. The summed E-state index contributed by atoms with van der Waals surface area (Å²) in [4.78, 5) is 12.0. The van der Waals surface area contributed by atoms with Crippen LogP contribution in [0.3, 0.4) is 0 Å². The van der Waals surface area contributed by atoms with E-state index in [1.54, 1.807) is 0 Å². The van der Waals surface area contributed by atoms with E-state index in [0.29, 0.717) is 23.3 Å². The van der Waals surface area contributed by atoms with E-state index in [-0.39, 0.29) is 6.03 Å². The molecule has 0 saturated heterocycles. The molecule has 0 aliphatic heterocycles. The van der Waals surface area contributed by atoms with Crippen LogP contribution in [0, 0.1) is 5.92 Å². The molecule has 3 nitrogen and oxygen atoms in total. The number of carbonyl (C=O) groups excluding carboxylic acids is 1. The summed E-state index contributed by atoms with van der Waals surface area (Å²) in [7, 11) is 0. The van der Waals surface area contributed by atoms with Crippen LogP contribution in [0.2, 0.25) is 0 Å². The molecule has 4 heteroatoms. The van der Waals surface area contributed by atoms with Gasteiger partial charge in [0, 0.05) is 17.3 Å². The van der Waals surface area contributed by atoms with Gasteiger partial charge in [-0.05, 0) is 51.4 Å². The number of amides is 2. The molecular weight excluding hydrogens is 256 g/mol. The van der Waals surface area contributed by atoms with Crippen molar-refractivity contribution in [3.63, 3.8) is 0 Å². The van der Waals surface area contributed by atoms with Gasteiger partial charge in [0.2, 0.25) is 0 Å². The van der Waals surface area contributed by atoms with Gasteiger partial charge in [0.05, 0.1) is 0 Å². The Bertz CT molecular complexity index is 284. The summed E-state index contributed by atoms with van der Waals surface area (Å²) < 4.78 is 0. The van der Waals surface area contributed by atoms with Crippen molar-refractivity contribution >= 4 is 18.7 Å². The topological polar surface area (TPSA) is 41.1 Å². The van der Waals surface area contributed by atoms with E-state index in [1.807, 2.05) is 0 Å². The third-order valence-corrected chi connectivity index (χ3v) is 5.26. The van der Waals surface area contributed by atoms with Crippen LogP contribution in [-0.4, -0.2) is 23.4 Å². The molecule has 110 valence electrons. The Morgan fingerprint density at radius 3 is 2.32 bits per heavy atom. The van der Waals surface area contributed by atoms with E-state index >= 15 is 0 Å². The summed E-state index contributed by atoms with van der Waals surface area (Å²) in [5.41, 5.74) is 0. The summed E-state index contributed by atoms with van der Waals surface area (Å²) in [5, 5.41) is 6.79. The normalized spacial score (nSPS) is 30.6. The molecule has 2 aliphatic carbocycles. The highest BCUT2D eigenvalue weighted by molar-refractivity contribution is 7.80. The lowest BCUT2D eigenvalue weighted by Gasteiger charge is -2.30. The molecule has 2 fully saturated rings. The van der Waals surface area contributed by atoms with Crippen molar-refractivity contribution in [3.05, 3.63) is 0 Å².